The van der Waals surface area contributed by atoms with E-state index >= 15 is 0 Å². The zero-order valence-electron chi connectivity index (χ0n) is 13.3. The Morgan fingerprint density at radius 3 is 2.38 bits per heavy atom. The smallest absolute Gasteiger partial charge is 0.172 e. The molecule has 0 aliphatic heterocycles. The number of Topliss-reactive ketones (excluding diaryl/α,β-unsaturated/α-hetero) is 1. The molecule has 0 spiro atoms. The lowest BCUT2D eigenvalue weighted by molar-refractivity contribution is -0.121. The van der Waals surface area contributed by atoms with Crippen LogP contribution in [-0.4, -0.2) is 27.1 Å². The van der Waals surface area contributed by atoms with E-state index in [0.29, 0.717) is 17.7 Å². The van der Waals surface area contributed by atoms with Gasteiger partial charge in [-0.2, -0.15) is 0 Å². The van der Waals surface area contributed by atoms with Crippen molar-refractivity contribution in [3.8, 4) is 11.5 Å². The molecule has 0 fully saturated rings. The Labute approximate surface area is 125 Å². The predicted molar refractivity (Wildman–Crippen MR) is 80.8 cm³/mol. The van der Waals surface area contributed by atoms with Gasteiger partial charge in [0, 0.05) is 17.6 Å². The predicted octanol–water partition coefficient (Wildman–Crippen LogP) is 3.24. The Balaban J connectivity index is 2.55. The van der Waals surface area contributed by atoms with Gasteiger partial charge in [-0.25, -0.2) is 0 Å². The Morgan fingerprint density at radius 2 is 1.81 bits per heavy atom. The molecule has 0 amide bonds. The van der Waals surface area contributed by atoms with Gasteiger partial charge in [0.1, 0.15) is 17.3 Å². The van der Waals surface area contributed by atoms with Crippen molar-refractivity contribution in [1.29, 1.82) is 0 Å². The molecular weight excluding hydrogens is 268 g/mol. The maximum atomic E-state index is 12.9. The van der Waals surface area contributed by atoms with Crippen LogP contribution in [0.4, 0.5) is 0 Å². The Hall–Kier alpha value is -1.97. The maximum absolute atomic E-state index is 12.9. The Bertz CT molecular complexity index is 588. The summed E-state index contributed by atoms with van der Waals surface area (Å²) in [6.07, 6.45) is 1.43. The molecule has 0 N–H and O–H groups in total. The topological polar surface area (TPSA) is 44.8 Å². The van der Waals surface area contributed by atoms with Crippen LogP contribution < -0.4 is 9.47 Å². The van der Waals surface area contributed by atoms with E-state index in [1.54, 1.807) is 21.3 Å². The number of rotatable bonds is 4. The summed E-state index contributed by atoms with van der Waals surface area (Å²) >= 11 is 0. The molecule has 1 aliphatic carbocycles. The summed E-state index contributed by atoms with van der Waals surface area (Å²) in [6.45, 7) is 3.79. The maximum Gasteiger partial charge on any atom is 0.172 e. The van der Waals surface area contributed by atoms with Gasteiger partial charge >= 0.3 is 0 Å². The zero-order chi connectivity index (χ0) is 15.6. The molecule has 0 saturated carbocycles. The normalized spacial score (nSPS) is 22.2. The summed E-state index contributed by atoms with van der Waals surface area (Å²) in [5, 5.41) is 0. The van der Waals surface area contributed by atoms with E-state index in [9.17, 15) is 4.79 Å². The molecule has 2 rings (SSSR count). The second-order valence-corrected chi connectivity index (χ2v) is 5.48. The first-order valence-corrected chi connectivity index (χ1v) is 6.99. The highest BCUT2D eigenvalue weighted by Crippen LogP contribution is 2.43. The minimum Gasteiger partial charge on any atom is -0.501 e. The standard InChI is InChI=1S/C17H22O4/c1-11-14(20-4)8-9-17(2,16(11)18)13-10-12(19-3)6-7-15(13)21-5/h6-7,10H,8-9H2,1-5H3. The van der Waals surface area contributed by atoms with Crippen molar-refractivity contribution in [2.45, 2.75) is 32.1 Å². The van der Waals surface area contributed by atoms with Gasteiger partial charge in [0.2, 0.25) is 0 Å². The molecule has 1 unspecified atom stereocenters. The van der Waals surface area contributed by atoms with Crippen LogP contribution in [0.3, 0.4) is 0 Å². The number of carbonyl (C=O) groups is 1. The molecule has 0 aromatic heterocycles. The summed E-state index contributed by atoms with van der Waals surface area (Å²) in [5.41, 5.74) is 0.936. The molecule has 4 nitrogen and oxygen atoms in total. The lowest BCUT2D eigenvalue weighted by Crippen LogP contribution is -2.37. The molecule has 114 valence electrons. The number of hydrogen-bond donors (Lipinski definition) is 0. The van der Waals surface area contributed by atoms with Gasteiger partial charge in [-0.3, -0.25) is 4.79 Å². The average Bonchev–Trinajstić information content (AvgIpc) is 2.52. The van der Waals surface area contributed by atoms with E-state index in [0.717, 1.165) is 23.5 Å². The fourth-order valence-corrected chi connectivity index (χ4v) is 2.96. The number of methoxy groups -OCH3 is 3. The van der Waals surface area contributed by atoms with Crippen molar-refractivity contribution < 1.29 is 19.0 Å². The molecule has 0 bridgehead atoms. The fourth-order valence-electron chi connectivity index (χ4n) is 2.96. The van der Waals surface area contributed by atoms with Crippen LogP contribution in [0.15, 0.2) is 29.5 Å². The molecule has 0 saturated heterocycles. The molecule has 4 heteroatoms. The van der Waals surface area contributed by atoms with E-state index in [1.807, 2.05) is 32.0 Å². The quantitative estimate of drug-likeness (QED) is 0.854. The van der Waals surface area contributed by atoms with Crippen molar-refractivity contribution in [2.75, 3.05) is 21.3 Å². The van der Waals surface area contributed by atoms with Crippen LogP contribution in [0.2, 0.25) is 0 Å². The van der Waals surface area contributed by atoms with Crippen molar-refractivity contribution in [3.05, 3.63) is 35.1 Å². The highest BCUT2D eigenvalue weighted by molar-refractivity contribution is 6.04. The van der Waals surface area contributed by atoms with Gasteiger partial charge in [-0.1, -0.05) is 0 Å². The molecule has 1 atom stereocenters. The summed E-state index contributed by atoms with van der Waals surface area (Å²) < 4.78 is 16.0. The molecule has 1 aliphatic rings. The second kappa shape index (κ2) is 5.80. The third kappa shape index (κ3) is 2.50. The SMILES string of the molecule is COC1=C(C)C(=O)C(C)(c2cc(OC)ccc2OC)CC1. The zero-order valence-corrected chi connectivity index (χ0v) is 13.3. The van der Waals surface area contributed by atoms with Gasteiger partial charge in [0.05, 0.1) is 26.7 Å². The van der Waals surface area contributed by atoms with Crippen molar-refractivity contribution in [2.24, 2.45) is 0 Å². The number of ketones is 1. The highest BCUT2D eigenvalue weighted by atomic mass is 16.5. The third-order valence-corrected chi connectivity index (χ3v) is 4.36. The molecule has 0 radical (unpaired) electrons. The van der Waals surface area contributed by atoms with Crippen molar-refractivity contribution in [3.63, 3.8) is 0 Å². The molecule has 21 heavy (non-hydrogen) atoms. The van der Waals surface area contributed by atoms with E-state index in [-0.39, 0.29) is 5.78 Å². The Morgan fingerprint density at radius 1 is 1.10 bits per heavy atom. The van der Waals surface area contributed by atoms with Crippen LogP contribution in [0.5, 0.6) is 11.5 Å². The number of hydrogen-bond acceptors (Lipinski definition) is 4. The van der Waals surface area contributed by atoms with E-state index in [4.69, 9.17) is 14.2 Å². The van der Waals surface area contributed by atoms with E-state index < -0.39 is 5.41 Å². The van der Waals surface area contributed by atoms with Gasteiger partial charge in [0.15, 0.2) is 5.78 Å². The number of carbonyl (C=O) groups excluding carboxylic acids is 1. The summed E-state index contributed by atoms with van der Waals surface area (Å²) in [4.78, 5) is 12.9. The number of ether oxygens (including phenoxy) is 3. The van der Waals surface area contributed by atoms with Crippen LogP contribution in [0.25, 0.3) is 0 Å². The molecule has 0 heterocycles. The minimum atomic E-state index is -0.619. The van der Waals surface area contributed by atoms with Gasteiger partial charge in [0.25, 0.3) is 0 Å². The highest BCUT2D eigenvalue weighted by Gasteiger charge is 2.42. The second-order valence-electron chi connectivity index (χ2n) is 5.48. The Kier molecular flexibility index (Phi) is 4.26. The first-order chi connectivity index (χ1) is 9.97. The van der Waals surface area contributed by atoms with Crippen LogP contribution >= 0.6 is 0 Å². The van der Waals surface area contributed by atoms with Gasteiger partial charge in [-0.05, 0) is 38.5 Å². The lowest BCUT2D eigenvalue weighted by Gasteiger charge is -2.34. The summed E-state index contributed by atoms with van der Waals surface area (Å²) in [6, 6.07) is 5.57. The molecule has 1 aromatic carbocycles. The van der Waals surface area contributed by atoms with Crippen molar-refractivity contribution in [1.82, 2.24) is 0 Å². The third-order valence-electron chi connectivity index (χ3n) is 4.36. The molecule has 1 aromatic rings. The van der Waals surface area contributed by atoms with Gasteiger partial charge in [-0.15, -0.1) is 0 Å². The van der Waals surface area contributed by atoms with Crippen LogP contribution in [0.1, 0.15) is 32.3 Å². The van der Waals surface area contributed by atoms with E-state index in [2.05, 4.69) is 0 Å². The first-order valence-electron chi connectivity index (χ1n) is 6.99. The largest absolute Gasteiger partial charge is 0.501 e. The summed E-state index contributed by atoms with van der Waals surface area (Å²) in [5.74, 6) is 2.29. The first kappa shape index (κ1) is 15.4. The number of benzene rings is 1. The van der Waals surface area contributed by atoms with Crippen LogP contribution in [0, 0.1) is 0 Å². The van der Waals surface area contributed by atoms with Gasteiger partial charge < -0.3 is 14.2 Å². The average molecular weight is 290 g/mol. The molecular formula is C17H22O4. The van der Waals surface area contributed by atoms with Crippen molar-refractivity contribution >= 4 is 5.78 Å². The fraction of sp³-hybridized carbons (Fsp3) is 0.471. The lowest BCUT2D eigenvalue weighted by atomic mass is 9.69. The monoisotopic (exact) mass is 290 g/mol. The minimum absolute atomic E-state index is 0.0807. The van der Waals surface area contributed by atoms with E-state index in [1.165, 1.54) is 0 Å². The summed E-state index contributed by atoms with van der Waals surface area (Å²) in [7, 11) is 4.84. The van der Waals surface area contributed by atoms with Crippen LogP contribution in [-0.2, 0) is 14.9 Å². The number of allylic oxidation sites excluding steroid dienone is 2.